The number of hydrogen-bond donors (Lipinski definition) is 0. The second-order valence-electron chi connectivity index (χ2n) is 9.66. The van der Waals surface area contributed by atoms with E-state index in [0.717, 1.165) is 43.9 Å². The van der Waals surface area contributed by atoms with Gasteiger partial charge in [-0.2, -0.15) is 0 Å². The summed E-state index contributed by atoms with van der Waals surface area (Å²) in [5.74, 6) is -2.96. The summed E-state index contributed by atoms with van der Waals surface area (Å²) in [6.07, 6.45) is 6.22. The molecule has 0 radical (unpaired) electrons. The number of ether oxygens (including phenoxy) is 5. The molecule has 0 fully saturated rings. The van der Waals surface area contributed by atoms with Crippen molar-refractivity contribution in [3.8, 4) is 0 Å². The molecule has 1 aromatic rings. The van der Waals surface area contributed by atoms with E-state index in [9.17, 15) is 38.4 Å². The molecule has 0 aromatic carbocycles. The minimum Gasteiger partial charge on any atom is -0.462 e. The highest BCUT2D eigenvalue weighted by molar-refractivity contribution is 5.87. The first kappa shape index (κ1) is 42.5. The zero-order valence-corrected chi connectivity index (χ0v) is 27.4. The summed E-state index contributed by atoms with van der Waals surface area (Å²) in [5.41, 5.74) is -2.14. The third kappa shape index (κ3) is 16.7. The minimum absolute atomic E-state index is 0.338. The molecule has 0 saturated heterocycles. The van der Waals surface area contributed by atoms with Gasteiger partial charge in [0.2, 0.25) is 0 Å². The molecule has 16 heteroatoms. The lowest BCUT2D eigenvalue weighted by molar-refractivity contribution is -0.140. The first-order chi connectivity index (χ1) is 22.7. The molecular weight excluding hydrogens is 634 g/mol. The zero-order valence-electron chi connectivity index (χ0n) is 27.4. The van der Waals surface area contributed by atoms with E-state index in [1.807, 2.05) is 0 Å². The van der Waals surface area contributed by atoms with Crippen LogP contribution in [0.4, 0.5) is 0 Å². The Morgan fingerprint density at radius 3 is 1.00 bits per heavy atom. The first-order valence-corrected chi connectivity index (χ1v) is 14.7. The Morgan fingerprint density at radius 2 is 0.771 bits per heavy atom. The molecule has 16 nitrogen and oxygen atoms in total. The summed E-state index contributed by atoms with van der Waals surface area (Å²) in [5, 5.41) is 0. The molecule has 0 aliphatic carbocycles. The normalized spacial score (nSPS) is 9.88. The summed E-state index contributed by atoms with van der Waals surface area (Å²) < 4.78 is 26.2. The monoisotopic (exact) mass is 677 g/mol. The molecule has 0 spiro atoms. The van der Waals surface area contributed by atoms with Gasteiger partial charge < -0.3 is 23.7 Å². The number of carbonyl (C=O) groups is 5. The zero-order chi connectivity index (χ0) is 36.6. The van der Waals surface area contributed by atoms with Crippen LogP contribution in [0.3, 0.4) is 0 Å². The number of hydrogen-bond acceptors (Lipinski definition) is 13. The highest BCUT2D eigenvalue weighted by Gasteiger charge is 2.16. The Balaban J connectivity index is 0.00000105. The van der Waals surface area contributed by atoms with E-state index >= 15 is 0 Å². The number of aromatic nitrogens is 3. The van der Waals surface area contributed by atoms with Crippen molar-refractivity contribution >= 4 is 29.8 Å². The van der Waals surface area contributed by atoms with E-state index in [1.54, 1.807) is 13.8 Å². The lowest BCUT2D eigenvalue weighted by Crippen LogP contribution is -2.55. The van der Waals surface area contributed by atoms with Gasteiger partial charge in [-0.25, -0.2) is 52.1 Å². The Kier molecular flexibility index (Phi) is 21.0. The van der Waals surface area contributed by atoms with Crippen molar-refractivity contribution in [1.82, 2.24) is 13.7 Å². The van der Waals surface area contributed by atoms with Crippen LogP contribution in [0.2, 0.25) is 0 Å². The van der Waals surface area contributed by atoms with Gasteiger partial charge in [0.25, 0.3) is 0 Å². The third-order valence-electron chi connectivity index (χ3n) is 5.76. The van der Waals surface area contributed by atoms with Gasteiger partial charge >= 0.3 is 46.9 Å². The van der Waals surface area contributed by atoms with Crippen LogP contribution in [0.15, 0.2) is 76.7 Å². The number of nitrogens with zero attached hydrogens (tertiary/aromatic N) is 3. The van der Waals surface area contributed by atoms with Crippen LogP contribution in [0.5, 0.6) is 0 Å². The van der Waals surface area contributed by atoms with Crippen molar-refractivity contribution < 1.29 is 47.7 Å². The van der Waals surface area contributed by atoms with Crippen LogP contribution in [0.25, 0.3) is 0 Å². The molecule has 0 saturated carbocycles. The summed E-state index contributed by atoms with van der Waals surface area (Å²) in [6.45, 7) is 18.7. The number of esters is 5. The SMILES string of the molecule is C=C(C)C(=O)OCCCCCCOC(=O)C(=C)C.C=CC(=O)OCCn1c(=O)n(CCOC(=O)C=C)c(=O)n(CCOC(=O)C=C)c1=O. The van der Waals surface area contributed by atoms with Crippen LogP contribution in [-0.4, -0.2) is 76.6 Å². The van der Waals surface area contributed by atoms with Crippen molar-refractivity contribution in [1.29, 1.82) is 0 Å². The third-order valence-corrected chi connectivity index (χ3v) is 5.76. The van der Waals surface area contributed by atoms with E-state index < -0.39 is 35.0 Å². The van der Waals surface area contributed by atoms with Gasteiger partial charge in [-0.15, -0.1) is 0 Å². The van der Waals surface area contributed by atoms with Crippen LogP contribution in [0.1, 0.15) is 39.5 Å². The summed E-state index contributed by atoms with van der Waals surface area (Å²) >= 11 is 0. The Bertz CT molecular complexity index is 1340. The Morgan fingerprint density at radius 1 is 0.500 bits per heavy atom. The quantitative estimate of drug-likeness (QED) is 0.0778. The lowest BCUT2D eigenvalue weighted by Gasteiger charge is -2.14. The van der Waals surface area contributed by atoms with Crippen molar-refractivity contribution in [3.63, 3.8) is 0 Å². The van der Waals surface area contributed by atoms with E-state index in [2.05, 4.69) is 32.9 Å². The highest BCUT2D eigenvalue weighted by Crippen LogP contribution is 2.03. The van der Waals surface area contributed by atoms with Gasteiger partial charge in [0, 0.05) is 29.4 Å². The molecule has 0 bridgehead atoms. The summed E-state index contributed by atoms with van der Waals surface area (Å²) in [4.78, 5) is 93.2. The number of carbonyl (C=O) groups excluding carboxylic acids is 5. The highest BCUT2D eigenvalue weighted by atomic mass is 16.5. The van der Waals surface area contributed by atoms with Crippen molar-refractivity contribution in [3.05, 3.63) is 93.7 Å². The maximum Gasteiger partial charge on any atom is 0.336 e. The molecule has 0 N–H and O–H groups in total. The average molecular weight is 678 g/mol. The van der Waals surface area contributed by atoms with Gasteiger partial charge in [-0.05, 0) is 39.5 Å². The van der Waals surface area contributed by atoms with Gasteiger partial charge in [0.05, 0.1) is 32.8 Å². The first-order valence-electron chi connectivity index (χ1n) is 14.7. The predicted octanol–water partition coefficient (Wildman–Crippen LogP) is 1.14. The fourth-order valence-corrected chi connectivity index (χ4v) is 3.28. The van der Waals surface area contributed by atoms with Gasteiger partial charge in [0.1, 0.15) is 19.8 Å². The second kappa shape index (κ2) is 23.7. The molecule has 0 amide bonds. The van der Waals surface area contributed by atoms with Crippen molar-refractivity contribution in [2.45, 2.75) is 59.2 Å². The average Bonchev–Trinajstić information content (AvgIpc) is 3.06. The second-order valence-corrected chi connectivity index (χ2v) is 9.66. The van der Waals surface area contributed by atoms with Gasteiger partial charge in [0.15, 0.2) is 0 Å². The largest absolute Gasteiger partial charge is 0.462 e. The van der Waals surface area contributed by atoms with Gasteiger partial charge in [-0.1, -0.05) is 32.9 Å². The molecule has 0 atom stereocenters. The molecule has 1 aromatic heterocycles. The molecule has 1 heterocycles. The number of rotatable bonds is 21. The lowest BCUT2D eigenvalue weighted by atomic mass is 10.2. The molecule has 0 aliphatic rings. The molecule has 264 valence electrons. The van der Waals surface area contributed by atoms with E-state index in [4.69, 9.17) is 23.7 Å². The smallest absolute Gasteiger partial charge is 0.336 e. The fraction of sp³-hybridized carbons (Fsp3) is 0.438. The maximum atomic E-state index is 12.6. The predicted molar refractivity (Wildman–Crippen MR) is 173 cm³/mol. The standard InChI is InChI=1S/C18H21N3O9.C14H22O4/c1-4-13(22)28-10-7-19-16(25)20(8-11-29-14(23)5-2)18(27)21(17(19)26)9-12-30-15(24)6-3;1-11(2)13(15)17-9-7-5-6-8-10-18-14(16)12(3)4/h4-6H,1-3,7-12H2;1,3,5-10H2,2,4H3. The van der Waals surface area contributed by atoms with Gasteiger partial charge in [-0.3, -0.25) is 0 Å². The van der Waals surface area contributed by atoms with Crippen molar-refractivity contribution in [2.24, 2.45) is 0 Å². The molecule has 1 rings (SSSR count). The fourth-order valence-electron chi connectivity index (χ4n) is 3.28. The van der Waals surface area contributed by atoms with Crippen LogP contribution < -0.4 is 17.1 Å². The molecular formula is C32H43N3O13. The van der Waals surface area contributed by atoms with E-state index in [0.29, 0.717) is 38.1 Å². The number of unbranched alkanes of at least 4 members (excludes halogenated alkanes) is 3. The summed E-state index contributed by atoms with van der Waals surface area (Å²) in [7, 11) is 0. The minimum atomic E-state index is -0.992. The maximum absolute atomic E-state index is 12.6. The topological polar surface area (TPSA) is 198 Å². The Hall–Kier alpha value is -5.54. The van der Waals surface area contributed by atoms with Crippen LogP contribution in [-0.2, 0) is 67.3 Å². The van der Waals surface area contributed by atoms with Crippen molar-refractivity contribution in [2.75, 3.05) is 33.0 Å². The van der Waals surface area contributed by atoms with Crippen LogP contribution >= 0.6 is 0 Å². The van der Waals surface area contributed by atoms with Crippen LogP contribution in [0, 0.1) is 0 Å². The summed E-state index contributed by atoms with van der Waals surface area (Å²) in [6, 6.07) is 0. The van der Waals surface area contributed by atoms with E-state index in [1.165, 1.54) is 0 Å². The molecule has 48 heavy (non-hydrogen) atoms. The Labute approximate surface area is 277 Å². The molecule has 0 unspecified atom stereocenters. The molecule has 0 aliphatic heterocycles. The van der Waals surface area contributed by atoms with E-state index in [-0.39, 0.29) is 51.4 Å².